The third kappa shape index (κ3) is 3.33. The summed E-state index contributed by atoms with van der Waals surface area (Å²) in [5, 5.41) is 11.1. The van der Waals surface area contributed by atoms with Crippen molar-refractivity contribution in [3.05, 3.63) is 12.4 Å². The van der Waals surface area contributed by atoms with Crippen LogP contribution in [-0.2, 0) is 0 Å². The summed E-state index contributed by atoms with van der Waals surface area (Å²) < 4.78 is 0. The first-order chi connectivity index (χ1) is 8.79. The maximum absolute atomic E-state index is 8.58. The van der Waals surface area contributed by atoms with Gasteiger partial charge in [-0.25, -0.2) is 9.97 Å². The molecule has 1 aromatic rings. The van der Waals surface area contributed by atoms with Crippen LogP contribution in [0.5, 0.6) is 0 Å². The van der Waals surface area contributed by atoms with Gasteiger partial charge in [0.15, 0.2) is 6.19 Å². The number of nitrogens with zero attached hydrogens (tertiary/aromatic N) is 4. The largest absolute Gasteiger partial charge is 0.359 e. The number of rotatable bonds is 4. The van der Waals surface area contributed by atoms with Crippen molar-refractivity contribution in [3.63, 3.8) is 0 Å². The molecule has 0 aromatic carbocycles. The van der Waals surface area contributed by atoms with Crippen molar-refractivity contribution in [1.29, 1.82) is 5.26 Å². The molecule has 1 aliphatic carbocycles. The molecule has 1 fully saturated rings. The van der Waals surface area contributed by atoms with E-state index in [1.165, 1.54) is 38.4 Å². The molecule has 5 heteroatoms. The van der Waals surface area contributed by atoms with E-state index in [-0.39, 0.29) is 0 Å². The maximum atomic E-state index is 8.58. The molecule has 0 amide bonds. The summed E-state index contributed by atoms with van der Waals surface area (Å²) in [6, 6.07) is 1.81. The van der Waals surface area contributed by atoms with Gasteiger partial charge in [0.2, 0.25) is 0 Å². The van der Waals surface area contributed by atoms with Gasteiger partial charge in [-0.3, -0.25) is 5.32 Å². The Morgan fingerprint density at radius 3 is 2.89 bits per heavy atom. The summed E-state index contributed by atoms with van der Waals surface area (Å²) in [5.74, 6) is 2.19. The van der Waals surface area contributed by atoms with E-state index in [1.807, 2.05) is 19.3 Å². The minimum absolute atomic E-state index is 0.554. The predicted molar refractivity (Wildman–Crippen MR) is 71.1 cm³/mol. The van der Waals surface area contributed by atoms with Crippen molar-refractivity contribution in [2.45, 2.75) is 32.1 Å². The van der Waals surface area contributed by atoms with Crippen LogP contribution in [0.15, 0.2) is 12.4 Å². The minimum atomic E-state index is 0.554. The zero-order valence-corrected chi connectivity index (χ0v) is 10.8. The SMILES string of the molecule is CN(CC1CCCCC1)c1cc(NC#N)ncn1. The average Bonchev–Trinajstić information content (AvgIpc) is 2.40. The lowest BCUT2D eigenvalue weighted by Gasteiger charge is -2.27. The second-order valence-corrected chi connectivity index (χ2v) is 4.88. The van der Waals surface area contributed by atoms with Crippen LogP contribution in [0.1, 0.15) is 32.1 Å². The number of hydrogen-bond donors (Lipinski definition) is 1. The van der Waals surface area contributed by atoms with E-state index < -0.39 is 0 Å². The molecule has 0 bridgehead atoms. The quantitative estimate of drug-likeness (QED) is 0.651. The molecule has 5 nitrogen and oxygen atoms in total. The molecular formula is C13H19N5. The second kappa shape index (κ2) is 6.20. The highest BCUT2D eigenvalue weighted by Gasteiger charge is 2.16. The molecule has 2 rings (SSSR count). The van der Waals surface area contributed by atoms with E-state index >= 15 is 0 Å². The molecule has 0 aliphatic heterocycles. The molecule has 0 saturated heterocycles. The van der Waals surface area contributed by atoms with Crippen LogP contribution >= 0.6 is 0 Å². The van der Waals surface area contributed by atoms with E-state index in [0.717, 1.165) is 18.3 Å². The zero-order chi connectivity index (χ0) is 12.8. The fourth-order valence-corrected chi connectivity index (χ4v) is 2.53. The van der Waals surface area contributed by atoms with Crippen molar-refractivity contribution in [2.75, 3.05) is 23.8 Å². The number of aromatic nitrogens is 2. The van der Waals surface area contributed by atoms with Crippen LogP contribution in [0.4, 0.5) is 11.6 Å². The van der Waals surface area contributed by atoms with E-state index in [0.29, 0.717) is 5.82 Å². The molecule has 0 unspecified atom stereocenters. The van der Waals surface area contributed by atoms with Crippen LogP contribution < -0.4 is 10.2 Å². The van der Waals surface area contributed by atoms with Crippen LogP contribution in [0.25, 0.3) is 0 Å². The summed E-state index contributed by atoms with van der Waals surface area (Å²) in [4.78, 5) is 10.4. The third-order valence-corrected chi connectivity index (χ3v) is 3.48. The van der Waals surface area contributed by atoms with Crippen LogP contribution in [0, 0.1) is 17.4 Å². The Morgan fingerprint density at radius 2 is 2.17 bits per heavy atom. The average molecular weight is 245 g/mol. The Balaban J connectivity index is 1.97. The topological polar surface area (TPSA) is 64.8 Å². The number of nitrogens with one attached hydrogen (secondary N) is 1. The van der Waals surface area contributed by atoms with Crippen molar-refractivity contribution in [3.8, 4) is 6.19 Å². The van der Waals surface area contributed by atoms with Gasteiger partial charge in [-0.15, -0.1) is 0 Å². The molecule has 1 heterocycles. The summed E-state index contributed by atoms with van der Waals surface area (Å²) in [6.45, 7) is 1.03. The van der Waals surface area contributed by atoms with Gasteiger partial charge in [-0.05, 0) is 18.8 Å². The van der Waals surface area contributed by atoms with Gasteiger partial charge in [-0.1, -0.05) is 19.3 Å². The molecule has 1 aliphatic rings. The summed E-state index contributed by atoms with van der Waals surface area (Å²) in [5.41, 5.74) is 0. The van der Waals surface area contributed by atoms with E-state index in [9.17, 15) is 0 Å². The number of nitriles is 1. The molecule has 1 saturated carbocycles. The highest BCUT2D eigenvalue weighted by Crippen LogP contribution is 2.25. The van der Waals surface area contributed by atoms with Gasteiger partial charge in [-0.2, -0.15) is 5.26 Å². The molecule has 0 atom stereocenters. The van der Waals surface area contributed by atoms with Gasteiger partial charge in [0.1, 0.15) is 18.0 Å². The Bertz CT molecular complexity index is 420. The normalized spacial score (nSPS) is 16.0. The Morgan fingerprint density at radius 1 is 1.39 bits per heavy atom. The van der Waals surface area contributed by atoms with Crippen molar-refractivity contribution < 1.29 is 0 Å². The molecule has 0 radical (unpaired) electrons. The fraction of sp³-hybridized carbons (Fsp3) is 0.615. The van der Waals surface area contributed by atoms with Gasteiger partial charge < -0.3 is 4.90 Å². The molecule has 1 aromatic heterocycles. The number of hydrogen-bond acceptors (Lipinski definition) is 5. The highest BCUT2D eigenvalue weighted by molar-refractivity contribution is 5.49. The number of anilines is 2. The Kier molecular flexibility index (Phi) is 4.35. The van der Waals surface area contributed by atoms with Gasteiger partial charge in [0, 0.05) is 19.7 Å². The highest BCUT2D eigenvalue weighted by atomic mass is 15.2. The lowest BCUT2D eigenvalue weighted by Crippen LogP contribution is -2.27. The molecule has 1 N–H and O–H groups in total. The molecule has 18 heavy (non-hydrogen) atoms. The monoisotopic (exact) mass is 245 g/mol. The van der Waals surface area contributed by atoms with Crippen LogP contribution in [-0.4, -0.2) is 23.6 Å². The van der Waals surface area contributed by atoms with Crippen LogP contribution in [0.3, 0.4) is 0 Å². The lowest BCUT2D eigenvalue weighted by molar-refractivity contribution is 0.361. The van der Waals surface area contributed by atoms with Crippen molar-refractivity contribution in [1.82, 2.24) is 9.97 Å². The van der Waals surface area contributed by atoms with Gasteiger partial charge >= 0.3 is 0 Å². The van der Waals surface area contributed by atoms with Gasteiger partial charge in [0.05, 0.1) is 0 Å². The second-order valence-electron chi connectivity index (χ2n) is 4.88. The first-order valence-corrected chi connectivity index (χ1v) is 6.48. The zero-order valence-electron chi connectivity index (χ0n) is 10.8. The molecule has 96 valence electrons. The summed E-state index contributed by atoms with van der Waals surface area (Å²) >= 11 is 0. The minimum Gasteiger partial charge on any atom is -0.359 e. The first kappa shape index (κ1) is 12.6. The lowest BCUT2D eigenvalue weighted by atomic mass is 9.89. The molecule has 0 spiro atoms. The fourth-order valence-electron chi connectivity index (χ4n) is 2.53. The van der Waals surface area contributed by atoms with Crippen molar-refractivity contribution >= 4 is 11.6 Å². The summed E-state index contributed by atoms with van der Waals surface area (Å²) in [7, 11) is 2.05. The molecular weight excluding hydrogens is 226 g/mol. The third-order valence-electron chi connectivity index (χ3n) is 3.48. The van der Waals surface area contributed by atoms with Gasteiger partial charge in [0.25, 0.3) is 0 Å². The Hall–Kier alpha value is -1.83. The first-order valence-electron chi connectivity index (χ1n) is 6.48. The Labute approximate surface area is 108 Å². The predicted octanol–water partition coefficient (Wildman–Crippen LogP) is 2.39. The van der Waals surface area contributed by atoms with E-state index in [1.54, 1.807) is 0 Å². The van der Waals surface area contributed by atoms with Crippen LogP contribution in [0.2, 0.25) is 0 Å². The maximum Gasteiger partial charge on any atom is 0.182 e. The van der Waals surface area contributed by atoms with E-state index in [2.05, 4.69) is 20.2 Å². The standard InChI is InChI=1S/C13H19N5/c1-18(8-11-5-3-2-4-6-11)13-7-12(15-9-14)16-10-17-13/h7,10-11H,2-6,8H2,1H3,(H,15,16,17). The van der Waals surface area contributed by atoms with Crippen molar-refractivity contribution in [2.24, 2.45) is 5.92 Å². The summed E-state index contributed by atoms with van der Waals surface area (Å²) in [6.07, 6.45) is 10.1. The smallest absolute Gasteiger partial charge is 0.182 e. The van der Waals surface area contributed by atoms with E-state index in [4.69, 9.17) is 5.26 Å².